The molecule has 0 heterocycles. The molecule has 0 aliphatic rings. The highest BCUT2D eigenvalue weighted by molar-refractivity contribution is 6.00. The molecule has 0 radical (unpaired) electrons. The molecule has 0 aromatic heterocycles. The number of hydrogen-bond donors (Lipinski definition) is 3. The topological polar surface area (TPSA) is 88.8 Å². The van der Waals surface area contributed by atoms with Gasteiger partial charge >= 0.3 is 0 Å². The molecule has 5 N–H and O–H groups in total. The molecule has 1 aromatic rings. The molecule has 1 aromatic carbocycles. The van der Waals surface area contributed by atoms with Crippen LogP contribution in [0, 0.1) is 0 Å². The molecule has 0 saturated carbocycles. The van der Waals surface area contributed by atoms with E-state index in [1.54, 1.807) is 0 Å². The molecule has 0 aliphatic carbocycles. The van der Waals surface area contributed by atoms with Gasteiger partial charge in [-0.25, -0.2) is 0 Å². The highest BCUT2D eigenvalue weighted by Gasteiger charge is 1.95. The lowest BCUT2D eigenvalue weighted by molar-refractivity contribution is 0.806. The van der Waals surface area contributed by atoms with Gasteiger partial charge in [-0.1, -0.05) is 31.5 Å². The van der Waals surface area contributed by atoms with Crippen molar-refractivity contribution in [2.24, 2.45) is 21.5 Å². The molecule has 5 nitrogen and oxygen atoms in total. The van der Waals surface area contributed by atoms with Crippen molar-refractivity contribution in [2.75, 3.05) is 11.9 Å². The molecule has 5 heteroatoms. The lowest BCUT2D eigenvalue weighted by Crippen LogP contribution is -2.26. The van der Waals surface area contributed by atoms with Gasteiger partial charge < -0.3 is 16.8 Å². The Bertz CT molecular complexity index is 383. The van der Waals surface area contributed by atoms with Crippen molar-refractivity contribution in [3.8, 4) is 0 Å². The van der Waals surface area contributed by atoms with E-state index in [9.17, 15) is 0 Å². The van der Waals surface area contributed by atoms with Crippen molar-refractivity contribution in [3.05, 3.63) is 30.3 Å². The maximum atomic E-state index is 5.69. The number of hydrogen-bond acceptors (Lipinski definition) is 1. The van der Waals surface area contributed by atoms with Crippen molar-refractivity contribution >= 4 is 17.6 Å². The number of unbranched alkanes of at least 4 members (excludes halogenated alkanes) is 1. The summed E-state index contributed by atoms with van der Waals surface area (Å²) in [6, 6.07) is 9.54. The first-order chi connectivity index (χ1) is 8.22. The normalized spacial score (nSPS) is 12.5. The Morgan fingerprint density at radius 1 is 1.24 bits per heavy atom. The first-order valence-electron chi connectivity index (χ1n) is 5.68. The second-order valence-corrected chi connectivity index (χ2v) is 3.58. The second kappa shape index (κ2) is 7.27. The largest absolute Gasteiger partial charge is 0.369 e. The van der Waals surface area contributed by atoms with Crippen LogP contribution in [0.3, 0.4) is 0 Å². The van der Waals surface area contributed by atoms with E-state index in [1.807, 2.05) is 30.3 Å². The van der Waals surface area contributed by atoms with Crippen molar-refractivity contribution in [2.45, 2.75) is 19.8 Å². The lowest BCUT2D eigenvalue weighted by Gasteiger charge is -2.04. The van der Waals surface area contributed by atoms with E-state index in [0.29, 0.717) is 6.54 Å². The zero-order valence-electron chi connectivity index (χ0n) is 10.1. The van der Waals surface area contributed by atoms with E-state index in [1.165, 1.54) is 0 Å². The van der Waals surface area contributed by atoms with Crippen LogP contribution in [-0.2, 0) is 0 Å². The number of aliphatic imine (C=N–C) groups is 2. The molecule has 0 saturated heterocycles. The minimum Gasteiger partial charge on any atom is -0.369 e. The number of nitrogens with zero attached hydrogens (tertiary/aromatic N) is 2. The summed E-state index contributed by atoms with van der Waals surface area (Å²) in [5, 5.41) is 2.93. The molecule has 0 unspecified atom stereocenters. The molecule has 0 amide bonds. The standard InChI is InChI=1S/C12H19N5/c1-2-3-9-15-11(13)17-12(14)16-10-7-5-4-6-8-10/h4-8H,2-3,9H2,1H3,(H5,13,14,15,16,17). The van der Waals surface area contributed by atoms with Gasteiger partial charge in [-0.3, -0.25) is 4.99 Å². The summed E-state index contributed by atoms with van der Waals surface area (Å²) in [5.41, 5.74) is 12.2. The van der Waals surface area contributed by atoms with Gasteiger partial charge in [0.05, 0.1) is 0 Å². The molecule has 0 aliphatic heterocycles. The summed E-state index contributed by atoms with van der Waals surface area (Å²) in [6.07, 6.45) is 2.08. The molecule has 0 fully saturated rings. The smallest absolute Gasteiger partial charge is 0.218 e. The predicted octanol–water partition coefficient (Wildman–Crippen LogP) is 1.53. The fraction of sp³-hybridized carbons (Fsp3) is 0.333. The molecule has 92 valence electrons. The van der Waals surface area contributed by atoms with Gasteiger partial charge in [-0.15, -0.1) is 0 Å². The summed E-state index contributed by atoms with van der Waals surface area (Å²) >= 11 is 0. The minimum absolute atomic E-state index is 0.208. The maximum Gasteiger partial charge on any atom is 0.218 e. The van der Waals surface area contributed by atoms with Crippen LogP contribution >= 0.6 is 0 Å². The average Bonchev–Trinajstić information content (AvgIpc) is 2.30. The molecule has 0 bridgehead atoms. The van der Waals surface area contributed by atoms with Gasteiger partial charge in [0.2, 0.25) is 11.9 Å². The molecule has 17 heavy (non-hydrogen) atoms. The summed E-state index contributed by atoms with van der Waals surface area (Å²) < 4.78 is 0. The van der Waals surface area contributed by atoms with Crippen LogP contribution in [0.2, 0.25) is 0 Å². The van der Waals surface area contributed by atoms with Gasteiger partial charge in [0.25, 0.3) is 0 Å². The van der Waals surface area contributed by atoms with Crippen LogP contribution in [0.5, 0.6) is 0 Å². The van der Waals surface area contributed by atoms with Crippen molar-refractivity contribution in [3.63, 3.8) is 0 Å². The molecule has 0 atom stereocenters. The third kappa shape index (κ3) is 5.55. The summed E-state index contributed by atoms with van der Waals surface area (Å²) in [4.78, 5) is 8.04. The van der Waals surface area contributed by atoms with Crippen LogP contribution < -0.4 is 16.8 Å². The number of para-hydroxylation sites is 1. The SMILES string of the molecule is CCCCN=C(N)N=C(N)Nc1ccccc1. The zero-order chi connectivity index (χ0) is 12.5. The van der Waals surface area contributed by atoms with Crippen LogP contribution in [0.4, 0.5) is 5.69 Å². The first kappa shape index (κ1) is 13.0. The highest BCUT2D eigenvalue weighted by atomic mass is 15.2. The Morgan fingerprint density at radius 3 is 2.59 bits per heavy atom. The van der Waals surface area contributed by atoms with Crippen molar-refractivity contribution < 1.29 is 0 Å². The van der Waals surface area contributed by atoms with E-state index < -0.39 is 0 Å². The predicted molar refractivity (Wildman–Crippen MR) is 73.1 cm³/mol. The highest BCUT2D eigenvalue weighted by Crippen LogP contribution is 2.03. The molecular weight excluding hydrogens is 214 g/mol. The molecule has 0 spiro atoms. The lowest BCUT2D eigenvalue weighted by atomic mass is 10.3. The Labute approximate surface area is 102 Å². The second-order valence-electron chi connectivity index (χ2n) is 3.58. The number of nitrogens with one attached hydrogen (secondary N) is 1. The van der Waals surface area contributed by atoms with Gasteiger partial charge in [0, 0.05) is 12.2 Å². The van der Waals surface area contributed by atoms with Crippen LogP contribution in [0.25, 0.3) is 0 Å². The summed E-state index contributed by atoms with van der Waals surface area (Å²) in [5.74, 6) is 0.452. The Morgan fingerprint density at radius 2 is 1.94 bits per heavy atom. The van der Waals surface area contributed by atoms with Gasteiger partial charge in [-0.2, -0.15) is 4.99 Å². The van der Waals surface area contributed by atoms with Crippen molar-refractivity contribution in [1.82, 2.24) is 0 Å². The minimum atomic E-state index is 0.208. The van der Waals surface area contributed by atoms with E-state index in [-0.39, 0.29) is 11.9 Å². The fourth-order valence-electron chi connectivity index (χ4n) is 1.21. The summed E-state index contributed by atoms with van der Waals surface area (Å²) in [7, 11) is 0. The van der Waals surface area contributed by atoms with Crippen LogP contribution in [0.15, 0.2) is 40.3 Å². The monoisotopic (exact) mass is 233 g/mol. The Kier molecular flexibility index (Phi) is 5.57. The van der Waals surface area contributed by atoms with Crippen molar-refractivity contribution in [1.29, 1.82) is 0 Å². The summed E-state index contributed by atoms with van der Waals surface area (Å²) in [6.45, 7) is 2.78. The zero-order valence-corrected chi connectivity index (χ0v) is 10.1. The van der Waals surface area contributed by atoms with Crippen LogP contribution in [-0.4, -0.2) is 18.5 Å². The third-order valence-corrected chi connectivity index (χ3v) is 2.07. The fourth-order valence-corrected chi connectivity index (χ4v) is 1.21. The van der Waals surface area contributed by atoms with Crippen LogP contribution in [0.1, 0.15) is 19.8 Å². The van der Waals surface area contributed by atoms with E-state index in [4.69, 9.17) is 11.5 Å². The van der Waals surface area contributed by atoms with E-state index in [0.717, 1.165) is 18.5 Å². The number of benzene rings is 1. The number of rotatable bonds is 4. The quantitative estimate of drug-likeness (QED) is 0.418. The van der Waals surface area contributed by atoms with E-state index in [2.05, 4.69) is 22.2 Å². The first-order valence-corrected chi connectivity index (χ1v) is 5.68. The number of anilines is 1. The van der Waals surface area contributed by atoms with Gasteiger partial charge in [0.15, 0.2) is 0 Å². The Balaban J connectivity index is 2.51. The van der Waals surface area contributed by atoms with Gasteiger partial charge in [0.1, 0.15) is 0 Å². The molecule has 1 rings (SSSR count). The molecular formula is C12H19N5. The number of guanidine groups is 2. The number of nitrogens with two attached hydrogens (primary N) is 2. The third-order valence-electron chi connectivity index (χ3n) is 2.07. The average molecular weight is 233 g/mol. The van der Waals surface area contributed by atoms with E-state index >= 15 is 0 Å². The maximum absolute atomic E-state index is 5.69. The Hall–Kier alpha value is -2.04. The van der Waals surface area contributed by atoms with Gasteiger partial charge in [-0.05, 0) is 18.6 Å².